The number of rotatable bonds is 11. The van der Waals surface area contributed by atoms with E-state index in [4.69, 9.17) is 18.9 Å². The number of nitrogens with zero attached hydrogens (tertiary/aromatic N) is 2. The van der Waals surface area contributed by atoms with Gasteiger partial charge in [0.05, 0.1) is 43.8 Å². The molecule has 0 saturated heterocycles. The largest absolute Gasteiger partial charge is 0.464 e. The van der Waals surface area contributed by atoms with Crippen molar-refractivity contribution in [3.63, 3.8) is 0 Å². The van der Waals surface area contributed by atoms with Crippen LogP contribution in [0.3, 0.4) is 0 Å². The molecule has 0 fully saturated rings. The molecule has 1 aromatic heterocycles. The summed E-state index contributed by atoms with van der Waals surface area (Å²) in [5.41, 5.74) is 0.119. The van der Waals surface area contributed by atoms with E-state index in [-0.39, 0.29) is 35.6 Å². The Morgan fingerprint density at radius 2 is 1.96 bits per heavy atom. The van der Waals surface area contributed by atoms with Gasteiger partial charge in [-0.15, -0.1) is 0 Å². The van der Waals surface area contributed by atoms with Crippen LogP contribution in [-0.2, 0) is 23.7 Å². The van der Waals surface area contributed by atoms with Gasteiger partial charge in [0, 0.05) is 19.4 Å². The monoisotopic (exact) mass is 380 g/mol. The topological polar surface area (TPSA) is 119 Å². The van der Waals surface area contributed by atoms with Crippen LogP contribution in [0.15, 0.2) is 30.5 Å². The highest BCUT2D eigenvalue weighted by Crippen LogP contribution is 2.31. The van der Waals surface area contributed by atoms with Gasteiger partial charge in [0.15, 0.2) is 0 Å². The molecule has 146 valence electrons. The number of nitro groups is 1. The SMILES string of the molecule is COCCOCCOC(Oc1ccc([N+](=O)[O-])c2cccnc12)C(=O)OC. The molecule has 27 heavy (non-hydrogen) atoms. The molecule has 0 bridgehead atoms. The van der Waals surface area contributed by atoms with Crippen LogP contribution in [0.25, 0.3) is 10.9 Å². The van der Waals surface area contributed by atoms with E-state index in [1.165, 1.54) is 25.4 Å². The van der Waals surface area contributed by atoms with Crippen molar-refractivity contribution in [3.05, 3.63) is 40.6 Å². The van der Waals surface area contributed by atoms with E-state index in [1.807, 2.05) is 0 Å². The lowest BCUT2D eigenvalue weighted by molar-refractivity contribution is -0.383. The summed E-state index contributed by atoms with van der Waals surface area (Å²) in [6, 6.07) is 5.76. The first kappa shape index (κ1) is 20.5. The van der Waals surface area contributed by atoms with Gasteiger partial charge in [-0.25, -0.2) is 4.79 Å². The lowest BCUT2D eigenvalue weighted by Gasteiger charge is -2.18. The Morgan fingerprint density at radius 3 is 2.67 bits per heavy atom. The number of hydrogen-bond acceptors (Lipinski definition) is 9. The number of benzene rings is 1. The fraction of sp³-hybridized carbons (Fsp3) is 0.412. The van der Waals surface area contributed by atoms with Crippen molar-refractivity contribution in [2.24, 2.45) is 0 Å². The van der Waals surface area contributed by atoms with Crippen LogP contribution in [0.5, 0.6) is 5.75 Å². The first-order valence-electron chi connectivity index (χ1n) is 8.03. The van der Waals surface area contributed by atoms with Gasteiger partial charge < -0.3 is 23.7 Å². The fourth-order valence-corrected chi connectivity index (χ4v) is 2.21. The summed E-state index contributed by atoms with van der Waals surface area (Å²) in [4.78, 5) is 26.7. The molecule has 2 aromatic rings. The van der Waals surface area contributed by atoms with E-state index < -0.39 is 17.2 Å². The second-order valence-electron chi connectivity index (χ2n) is 5.19. The molecule has 0 aliphatic carbocycles. The normalized spacial score (nSPS) is 11.9. The van der Waals surface area contributed by atoms with Gasteiger partial charge in [-0.3, -0.25) is 15.1 Å². The Balaban J connectivity index is 2.14. The molecule has 2 rings (SSSR count). The molecular weight excluding hydrogens is 360 g/mol. The van der Waals surface area contributed by atoms with Gasteiger partial charge in [-0.05, 0) is 18.2 Å². The predicted octanol–water partition coefficient (Wildman–Crippen LogP) is 1.70. The summed E-state index contributed by atoms with van der Waals surface area (Å²) in [6.45, 7) is 1.12. The molecule has 10 nitrogen and oxygen atoms in total. The maximum Gasteiger partial charge on any atom is 0.376 e. The van der Waals surface area contributed by atoms with Crippen molar-refractivity contribution in [1.29, 1.82) is 0 Å². The van der Waals surface area contributed by atoms with Crippen LogP contribution in [0.4, 0.5) is 5.69 Å². The summed E-state index contributed by atoms with van der Waals surface area (Å²) in [6.07, 6.45) is 0.101. The summed E-state index contributed by atoms with van der Waals surface area (Å²) in [5.74, 6) is -0.596. The van der Waals surface area contributed by atoms with E-state index in [9.17, 15) is 14.9 Å². The number of hydrogen-bond donors (Lipinski definition) is 0. The Bertz CT molecular complexity index is 783. The third-order valence-corrected chi connectivity index (χ3v) is 3.46. The molecular formula is C17H20N2O8. The number of ether oxygens (including phenoxy) is 5. The van der Waals surface area contributed by atoms with Crippen molar-refractivity contribution in [3.8, 4) is 5.75 Å². The molecule has 0 aliphatic rings. The average molecular weight is 380 g/mol. The summed E-state index contributed by atoms with van der Waals surface area (Å²) in [5, 5.41) is 11.5. The molecule has 1 unspecified atom stereocenters. The smallest absolute Gasteiger partial charge is 0.376 e. The fourth-order valence-electron chi connectivity index (χ4n) is 2.21. The van der Waals surface area contributed by atoms with Crippen molar-refractivity contribution in [2.75, 3.05) is 40.6 Å². The molecule has 0 aliphatic heterocycles. The number of nitro benzene ring substituents is 1. The lowest BCUT2D eigenvalue weighted by atomic mass is 10.1. The molecule has 0 radical (unpaired) electrons. The Kier molecular flexibility index (Phi) is 7.86. The minimum Gasteiger partial charge on any atom is -0.464 e. The number of carbonyl (C=O) groups is 1. The van der Waals surface area contributed by atoms with E-state index in [2.05, 4.69) is 9.72 Å². The maximum atomic E-state index is 11.9. The van der Waals surface area contributed by atoms with Crippen LogP contribution < -0.4 is 4.74 Å². The summed E-state index contributed by atoms with van der Waals surface area (Å²) < 4.78 is 25.7. The first-order chi connectivity index (χ1) is 13.1. The minimum absolute atomic E-state index is 0.0713. The maximum absolute atomic E-state index is 11.9. The van der Waals surface area contributed by atoms with Crippen LogP contribution in [0.1, 0.15) is 0 Å². The molecule has 1 heterocycles. The highest BCUT2D eigenvalue weighted by molar-refractivity contribution is 5.92. The number of carbonyl (C=O) groups excluding carboxylic acids is 1. The zero-order valence-electron chi connectivity index (χ0n) is 15.0. The number of fused-ring (bicyclic) bond motifs is 1. The van der Waals surface area contributed by atoms with Gasteiger partial charge in [0.2, 0.25) is 0 Å². The molecule has 1 aromatic carbocycles. The van der Waals surface area contributed by atoms with Crippen LogP contribution in [0, 0.1) is 10.1 Å². The van der Waals surface area contributed by atoms with Crippen LogP contribution >= 0.6 is 0 Å². The van der Waals surface area contributed by atoms with E-state index >= 15 is 0 Å². The average Bonchev–Trinajstić information content (AvgIpc) is 2.68. The standard InChI is InChI=1S/C17H20N2O8/c1-23-8-9-25-10-11-26-17(16(20)24-2)27-14-6-5-13(19(21)22)12-4-3-7-18-15(12)14/h3-7,17H,8-11H2,1-2H3. The second-order valence-corrected chi connectivity index (χ2v) is 5.19. The molecule has 0 spiro atoms. The number of non-ortho nitro benzene ring substituents is 1. The van der Waals surface area contributed by atoms with E-state index in [0.29, 0.717) is 13.2 Å². The first-order valence-corrected chi connectivity index (χ1v) is 8.03. The van der Waals surface area contributed by atoms with E-state index in [0.717, 1.165) is 0 Å². The Morgan fingerprint density at radius 1 is 1.19 bits per heavy atom. The number of esters is 1. The van der Waals surface area contributed by atoms with Crippen molar-refractivity contribution >= 4 is 22.6 Å². The molecule has 0 amide bonds. The van der Waals surface area contributed by atoms with E-state index in [1.54, 1.807) is 19.2 Å². The van der Waals surface area contributed by atoms with Crippen molar-refractivity contribution in [2.45, 2.75) is 6.29 Å². The highest BCUT2D eigenvalue weighted by Gasteiger charge is 2.25. The lowest BCUT2D eigenvalue weighted by Crippen LogP contribution is -2.33. The number of pyridine rings is 1. The molecule has 10 heteroatoms. The van der Waals surface area contributed by atoms with Gasteiger partial charge in [-0.2, -0.15) is 0 Å². The van der Waals surface area contributed by atoms with Crippen LogP contribution in [-0.4, -0.2) is 62.8 Å². The van der Waals surface area contributed by atoms with Crippen molar-refractivity contribution < 1.29 is 33.4 Å². The minimum atomic E-state index is -1.37. The second kappa shape index (κ2) is 10.4. The number of aromatic nitrogens is 1. The van der Waals surface area contributed by atoms with Gasteiger partial charge in [-0.1, -0.05) is 0 Å². The molecule has 0 N–H and O–H groups in total. The van der Waals surface area contributed by atoms with Gasteiger partial charge in [0.25, 0.3) is 12.0 Å². The third kappa shape index (κ3) is 5.58. The molecule has 1 atom stereocenters. The Labute approximate surface area is 155 Å². The van der Waals surface area contributed by atoms with Gasteiger partial charge >= 0.3 is 5.97 Å². The quantitative estimate of drug-likeness (QED) is 0.189. The predicted molar refractivity (Wildman–Crippen MR) is 93.5 cm³/mol. The van der Waals surface area contributed by atoms with Crippen molar-refractivity contribution in [1.82, 2.24) is 4.98 Å². The molecule has 0 saturated carbocycles. The number of methoxy groups -OCH3 is 2. The highest BCUT2D eigenvalue weighted by atomic mass is 16.7. The zero-order valence-corrected chi connectivity index (χ0v) is 15.0. The van der Waals surface area contributed by atoms with Crippen LogP contribution in [0.2, 0.25) is 0 Å². The third-order valence-electron chi connectivity index (χ3n) is 3.46. The van der Waals surface area contributed by atoms with Gasteiger partial charge in [0.1, 0.15) is 11.3 Å². The zero-order chi connectivity index (χ0) is 19.6. The summed E-state index contributed by atoms with van der Waals surface area (Å²) >= 11 is 0. The Hall–Kier alpha value is -2.82. The summed E-state index contributed by atoms with van der Waals surface area (Å²) in [7, 11) is 2.76.